The molecule has 1 heterocycles. The van der Waals surface area contributed by atoms with Crippen molar-refractivity contribution in [1.82, 2.24) is 4.98 Å². The summed E-state index contributed by atoms with van der Waals surface area (Å²) in [6, 6.07) is 0.736. The van der Waals surface area contributed by atoms with Crippen molar-refractivity contribution in [2.45, 2.75) is 38.1 Å². The monoisotopic (exact) mass is 196 g/mol. The van der Waals surface area contributed by atoms with Gasteiger partial charge in [-0.2, -0.15) is 0 Å². The second-order valence-electron chi connectivity index (χ2n) is 3.72. The highest BCUT2D eigenvalue weighted by atomic mass is 32.1. The number of nitrogens with zero attached hydrogens (tertiary/aromatic N) is 2. The fraction of sp³-hybridized carbons (Fsp3) is 0.700. The molecule has 0 unspecified atom stereocenters. The van der Waals surface area contributed by atoms with Crippen LogP contribution in [0.2, 0.25) is 0 Å². The molecule has 0 bridgehead atoms. The summed E-state index contributed by atoms with van der Waals surface area (Å²) in [7, 11) is 2.18. The predicted molar refractivity (Wildman–Crippen MR) is 57.4 cm³/mol. The van der Waals surface area contributed by atoms with E-state index in [4.69, 9.17) is 0 Å². The van der Waals surface area contributed by atoms with Gasteiger partial charge in [0.25, 0.3) is 0 Å². The molecule has 3 heteroatoms. The molecule has 1 aliphatic carbocycles. The maximum Gasteiger partial charge on any atom is 0.185 e. The van der Waals surface area contributed by atoms with Crippen LogP contribution < -0.4 is 4.90 Å². The predicted octanol–water partition coefficient (Wildman–Crippen LogP) is 2.91. The zero-order valence-corrected chi connectivity index (χ0v) is 8.89. The van der Waals surface area contributed by atoms with Gasteiger partial charge in [0, 0.05) is 24.7 Å². The molecule has 13 heavy (non-hydrogen) atoms. The van der Waals surface area contributed by atoms with Crippen LogP contribution in [0.4, 0.5) is 5.13 Å². The first kappa shape index (κ1) is 9.00. The Hall–Kier alpha value is -0.570. The normalized spacial score (nSPS) is 18.8. The van der Waals surface area contributed by atoms with Crippen molar-refractivity contribution in [3.8, 4) is 0 Å². The molecule has 1 fully saturated rings. The number of hydrogen-bond acceptors (Lipinski definition) is 3. The number of hydrogen-bond donors (Lipinski definition) is 0. The Kier molecular flexibility index (Phi) is 2.83. The van der Waals surface area contributed by atoms with Gasteiger partial charge in [0.2, 0.25) is 0 Å². The minimum Gasteiger partial charge on any atom is -0.348 e. The largest absolute Gasteiger partial charge is 0.348 e. The zero-order valence-electron chi connectivity index (χ0n) is 8.07. The standard InChI is InChI=1S/C10H16N2S/c1-12(10-11-7-8-13-10)9-5-3-2-4-6-9/h7-9H,2-6H2,1H3. The molecule has 0 aliphatic heterocycles. The lowest BCUT2D eigenvalue weighted by Crippen LogP contribution is -2.33. The highest BCUT2D eigenvalue weighted by Crippen LogP contribution is 2.26. The van der Waals surface area contributed by atoms with E-state index in [1.54, 1.807) is 11.3 Å². The van der Waals surface area contributed by atoms with Crippen LogP contribution in [0, 0.1) is 0 Å². The van der Waals surface area contributed by atoms with E-state index in [-0.39, 0.29) is 0 Å². The molecule has 2 nitrogen and oxygen atoms in total. The molecule has 0 amide bonds. The lowest BCUT2D eigenvalue weighted by molar-refractivity contribution is 0.427. The van der Waals surface area contributed by atoms with Crippen LogP contribution in [0.5, 0.6) is 0 Å². The topological polar surface area (TPSA) is 16.1 Å². The van der Waals surface area contributed by atoms with Crippen LogP contribution >= 0.6 is 11.3 Å². The Morgan fingerprint density at radius 3 is 2.77 bits per heavy atom. The fourth-order valence-corrected chi connectivity index (χ4v) is 2.70. The van der Waals surface area contributed by atoms with Crippen molar-refractivity contribution >= 4 is 16.5 Å². The van der Waals surface area contributed by atoms with Crippen molar-refractivity contribution in [3.05, 3.63) is 11.6 Å². The van der Waals surface area contributed by atoms with E-state index in [1.165, 1.54) is 37.2 Å². The number of rotatable bonds is 2. The Morgan fingerprint density at radius 2 is 2.15 bits per heavy atom. The van der Waals surface area contributed by atoms with Gasteiger partial charge in [0.05, 0.1) is 0 Å². The molecular formula is C10H16N2S. The van der Waals surface area contributed by atoms with Crippen LogP contribution in [0.25, 0.3) is 0 Å². The van der Waals surface area contributed by atoms with E-state index < -0.39 is 0 Å². The average molecular weight is 196 g/mol. The van der Waals surface area contributed by atoms with Gasteiger partial charge in [0.1, 0.15) is 0 Å². The summed E-state index contributed by atoms with van der Waals surface area (Å²) in [4.78, 5) is 6.69. The van der Waals surface area contributed by atoms with Gasteiger partial charge in [0.15, 0.2) is 5.13 Å². The lowest BCUT2D eigenvalue weighted by atomic mass is 9.95. The smallest absolute Gasteiger partial charge is 0.185 e. The Labute approximate surface area is 83.6 Å². The van der Waals surface area contributed by atoms with Gasteiger partial charge < -0.3 is 4.90 Å². The summed E-state index contributed by atoms with van der Waals surface area (Å²) in [5.41, 5.74) is 0. The average Bonchev–Trinajstić information content (AvgIpc) is 2.71. The lowest BCUT2D eigenvalue weighted by Gasteiger charge is -2.30. The minimum absolute atomic E-state index is 0.736. The highest BCUT2D eigenvalue weighted by Gasteiger charge is 2.19. The Morgan fingerprint density at radius 1 is 1.38 bits per heavy atom. The summed E-state index contributed by atoms with van der Waals surface area (Å²) in [5.74, 6) is 0. The molecule has 0 spiro atoms. The molecule has 1 saturated carbocycles. The van der Waals surface area contributed by atoms with Gasteiger partial charge in [-0.3, -0.25) is 0 Å². The van der Waals surface area contributed by atoms with Crippen LogP contribution in [0.15, 0.2) is 11.6 Å². The Balaban J connectivity index is 1.99. The number of thiazole rings is 1. The third-order valence-corrected chi connectivity index (χ3v) is 3.71. The van der Waals surface area contributed by atoms with Crippen molar-refractivity contribution in [1.29, 1.82) is 0 Å². The minimum atomic E-state index is 0.736. The molecule has 1 aliphatic rings. The fourth-order valence-electron chi connectivity index (χ4n) is 2.01. The molecule has 0 atom stereocenters. The summed E-state index contributed by atoms with van der Waals surface area (Å²) in [5, 5.41) is 3.22. The molecule has 72 valence electrons. The molecule has 0 radical (unpaired) electrons. The summed E-state index contributed by atoms with van der Waals surface area (Å²) in [6.45, 7) is 0. The van der Waals surface area contributed by atoms with Crippen molar-refractivity contribution in [2.75, 3.05) is 11.9 Å². The first-order valence-corrected chi connectivity index (χ1v) is 5.88. The molecule has 0 saturated heterocycles. The molecule has 0 N–H and O–H groups in total. The van der Waals surface area contributed by atoms with Gasteiger partial charge in [-0.15, -0.1) is 11.3 Å². The second-order valence-corrected chi connectivity index (χ2v) is 4.59. The van der Waals surface area contributed by atoms with Gasteiger partial charge in [-0.05, 0) is 12.8 Å². The molecule has 1 aromatic heterocycles. The zero-order chi connectivity index (χ0) is 9.10. The summed E-state index contributed by atoms with van der Waals surface area (Å²) in [6.07, 6.45) is 8.77. The first-order valence-electron chi connectivity index (χ1n) is 5.00. The van der Waals surface area contributed by atoms with E-state index in [2.05, 4.69) is 22.3 Å². The van der Waals surface area contributed by atoms with E-state index in [9.17, 15) is 0 Å². The van der Waals surface area contributed by atoms with Gasteiger partial charge in [-0.25, -0.2) is 4.98 Å². The molecular weight excluding hydrogens is 180 g/mol. The van der Waals surface area contributed by atoms with Gasteiger partial charge >= 0.3 is 0 Å². The summed E-state index contributed by atoms with van der Waals surface area (Å²) >= 11 is 1.74. The quantitative estimate of drug-likeness (QED) is 0.723. The van der Waals surface area contributed by atoms with Crippen molar-refractivity contribution in [2.24, 2.45) is 0 Å². The van der Waals surface area contributed by atoms with E-state index in [0.717, 1.165) is 6.04 Å². The van der Waals surface area contributed by atoms with Crippen LogP contribution in [0.1, 0.15) is 32.1 Å². The SMILES string of the molecule is CN(c1nccs1)C1CCCCC1. The van der Waals surface area contributed by atoms with E-state index in [1.807, 2.05) is 6.20 Å². The molecule has 2 rings (SSSR count). The van der Waals surface area contributed by atoms with Crippen molar-refractivity contribution < 1.29 is 0 Å². The number of aromatic nitrogens is 1. The maximum absolute atomic E-state index is 4.34. The highest BCUT2D eigenvalue weighted by molar-refractivity contribution is 7.13. The van der Waals surface area contributed by atoms with Crippen LogP contribution in [-0.2, 0) is 0 Å². The summed E-state index contributed by atoms with van der Waals surface area (Å²) < 4.78 is 0. The van der Waals surface area contributed by atoms with Crippen LogP contribution in [0.3, 0.4) is 0 Å². The van der Waals surface area contributed by atoms with E-state index >= 15 is 0 Å². The Bertz CT molecular complexity index is 239. The maximum atomic E-state index is 4.34. The van der Waals surface area contributed by atoms with E-state index in [0.29, 0.717) is 0 Å². The first-order chi connectivity index (χ1) is 6.38. The third-order valence-electron chi connectivity index (χ3n) is 2.84. The van der Waals surface area contributed by atoms with Crippen LogP contribution in [-0.4, -0.2) is 18.1 Å². The van der Waals surface area contributed by atoms with Crippen molar-refractivity contribution in [3.63, 3.8) is 0 Å². The number of anilines is 1. The third kappa shape index (κ3) is 2.02. The second kappa shape index (κ2) is 4.09. The molecule has 0 aromatic carbocycles. The molecule has 1 aromatic rings. The van der Waals surface area contributed by atoms with Gasteiger partial charge in [-0.1, -0.05) is 19.3 Å².